The molecule has 0 saturated heterocycles. The molecule has 142 valence electrons. The molecule has 26 heavy (non-hydrogen) atoms. The highest BCUT2D eigenvalue weighted by molar-refractivity contribution is 5.70. The van der Waals surface area contributed by atoms with Crippen LogP contribution < -0.4 is 9.47 Å². The lowest BCUT2D eigenvalue weighted by Crippen LogP contribution is -2.31. The number of fused-ring (bicyclic) bond motifs is 1. The van der Waals surface area contributed by atoms with Crippen molar-refractivity contribution >= 4 is 6.08 Å². The molecular formula is C23H32O3. The first-order chi connectivity index (χ1) is 12.3. The lowest BCUT2D eigenvalue weighted by molar-refractivity contribution is 0.128. The zero-order chi connectivity index (χ0) is 19.3. The summed E-state index contributed by atoms with van der Waals surface area (Å²) in [4.78, 5) is 0. The third-order valence-electron chi connectivity index (χ3n) is 4.91. The smallest absolute Gasteiger partial charge is 0.164 e. The van der Waals surface area contributed by atoms with Gasteiger partial charge in [-0.25, -0.2) is 0 Å². The Morgan fingerprint density at radius 1 is 1.23 bits per heavy atom. The Morgan fingerprint density at radius 3 is 2.62 bits per heavy atom. The largest absolute Gasteiger partial charge is 0.504 e. The number of rotatable bonds is 7. The first-order valence-electron chi connectivity index (χ1n) is 9.33. The molecule has 3 nitrogen and oxygen atoms in total. The number of ether oxygens (including phenoxy) is 2. The van der Waals surface area contributed by atoms with Crippen molar-refractivity contribution in [2.45, 2.75) is 65.9 Å². The third-order valence-corrected chi connectivity index (χ3v) is 4.91. The summed E-state index contributed by atoms with van der Waals surface area (Å²) in [6, 6.07) is 1.78. The van der Waals surface area contributed by atoms with Gasteiger partial charge in [0.15, 0.2) is 11.5 Å². The number of phenols is 1. The highest BCUT2D eigenvalue weighted by atomic mass is 16.5. The molecule has 0 unspecified atom stereocenters. The summed E-state index contributed by atoms with van der Waals surface area (Å²) in [6.07, 6.45) is 12.9. The Labute approximate surface area is 158 Å². The predicted molar refractivity (Wildman–Crippen MR) is 109 cm³/mol. The summed E-state index contributed by atoms with van der Waals surface area (Å²) in [7, 11) is 1.56. The molecule has 0 saturated carbocycles. The molecule has 1 aromatic rings. The van der Waals surface area contributed by atoms with Gasteiger partial charge in [-0.05, 0) is 66.4 Å². The van der Waals surface area contributed by atoms with Crippen molar-refractivity contribution in [1.29, 1.82) is 0 Å². The van der Waals surface area contributed by atoms with Gasteiger partial charge in [-0.1, -0.05) is 29.4 Å². The maximum absolute atomic E-state index is 10.2. The Bertz CT molecular complexity index is 736. The summed E-state index contributed by atoms with van der Waals surface area (Å²) in [6.45, 7) is 10.5. The van der Waals surface area contributed by atoms with E-state index in [4.69, 9.17) is 9.47 Å². The lowest BCUT2D eigenvalue weighted by atomic mass is 9.92. The summed E-state index contributed by atoms with van der Waals surface area (Å²) >= 11 is 0. The first-order valence-corrected chi connectivity index (χ1v) is 9.33. The Hall–Kier alpha value is -2.16. The van der Waals surface area contributed by atoms with E-state index in [-0.39, 0.29) is 11.4 Å². The standard InChI is InChI=1S/C23H32O3/c1-16(2)9-7-10-17(3)11-8-13-23(5)14-12-19-18(4)22(24)21(25-6)15-20(19)26-23/h9,11-12,14-15,24H,7-8,10,13H2,1-6H3/t23-/m0/s1. The molecule has 1 N–H and O–H groups in total. The van der Waals surface area contributed by atoms with E-state index >= 15 is 0 Å². The third kappa shape index (κ3) is 4.94. The summed E-state index contributed by atoms with van der Waals surface area (Å²) in [5.74, 6) is 1.40. The van der Waals surface area contributed by atoms with Crippen LogP contribution in [-0.2, 0) is 0 Å². The van der Waals surface area contributed by atoms with E-state index in [1.54, 1.807) is 13.2 Å². The van der Waals surface area contributed by atoms with Gasteiger partial charge in [-0.15, -0.1) is 0 Å². The van der Waals surface area contributed by atoms with Gasteiger partial charge >= 0.3 is 0 Å². The van der Waals surface area contributed by atoms with E-state index in [1.165, 1.54) is 11.1 Å². The molecule has 0 bridgehead atoms. The second-order valence-corrected chi connectivity index (χ2v) is 7.62. The molecule has 1 aliphatic heterocycles. The minimum atomic E-state index is -0.349. The van der Waals surface area contributed by atoms with Crippen molar-refractivity contribution in [3.05, 3.63) is 46.6 Å². The van der Waals surface area contributed by atoms with Crippen molar-refractivity contribution in [3.63, 3.8) is 0 Å². The number of hydrogen-bond donors (Lipinski definition) is 1. The summed E-state index contributed by atoms with van der Waals surface area (Å²) < 4.78 is 11.5. The second kappa shape index (κ2) is 8.48. The van der Waals surface area contributed by atoms with Crippen LogP contribution in [0.4, 0.5) is 0 Å². The zero-order valence-corrected chi connectivity index (χ0v) is 17.0. The van der Waals surface area contributed by atoms with Gasteiger partial charge in [0.05, 0.1) is 7.11 Å². The van der Waals surface area contributed by atoms with E-state index in [0.29, 0.717) is 5.75 Å². The normalized spacial score (nSPS) is 18.9. The molecule has 0 radical (unpaired) electrons. The van der Waals surface area contributed by atoms with Gasteiger partial charge in [0.2, 0.25) is 0 Å². The van der Waals surface area contributed by atoms with Crippen LogP contribution in [0.1, 0.15) is 64.5 Å². The van der Waals surface area contributed by atoms with E-state index in [0.717, 1.165) is 42.6 Å². The van der Waals surface area contributed by atoms with Crippen LogP contribution in [0, 0.1) is 6.92 Å². The fraction of sp³-hybridized carbons (Fsp3) is 0.478. The molecule has 0 aliphatic carbocycles. The van der Waals surface area contributed by atoms with Crippen molar-refractivity contribution < 1.29 is 14.6 Å². The van der Waals surface area contributed by atoms with Crippen molar-refractivity contribution in [2.75, 3.05) is 7.11 Å². The molecule has 0 aromatic heterocycles. The highest BCUT2D eigenvalue weighted by Gasteiger charge is 2.29. The maximum atomic E-state index is 10.2. The monoisotopic (exact) mass is 356 g/mol. The number of hydrogen-bond acceptors (Lipinski definition) is 3. The molecule has 2 rings (SSSR count). The van der Waals surface area contributed by atoms with Gasteiger partial charge in [0.25, 0.3) is 0 Å². The van der Waals surface area contributed by atoms with Crippen LogP contribution in [0.3, 0.4) is 0 Å². The van der Waals surface area contributed by atoms with Crippen molar-refractivity contribution in [1.82, 2.24) is 0 Å². The fourth-order valence-electron chi connectivity index (χ4n) is 3.18. The first kappa shape index (κ1) is 20.2. The molecule has 3 heteroatoms. The molecule has 0 amide bonds. The predicted octanol–water partition coefficient (Wildman–Crippen LogP) is 6.35. The van der Waals surface area contributed by atoms with Crippen LogP contribution in [0.5, 0.6) is 17.2 Å². The molecule has 0 fully saturated rings. The summed E-state index contributed by atoms with van der Waals surface area (Å²) in [5, 5.41) is 10.2. The van der Waals surface area contributed by atoms with Crippen LogP contribution in [0.2, 0.25) is 0 Å². The van der Waals surface area contributed by atoms with Gasteiger partial charge in [0, 0.05) is 17.2 Å². The second-order valence-electron chi connectivity index (χ2n) is 7.62. The average molecular weight is 357 g/mol. The van der Waals surface area contributed by atoms with Crippen LogP contribution in [0.15, 0.2) is 35.4 Å². The molecular weight excluding hydrogens is 324 g/mol. The van der Waals surface area contributed by atoms with Gasteiger partial charge in [0.1, 0.15) is 11.4 Å². The van der Waals surface area contributed by atoms with E-state index in [1.807, 2.05) is 6.92 Å². The minimum Gasteiger partial charge on any atom is -0.504 e. The van der Waals surface area contributed by atoms with E-state index in [2.05, 4.69) is 52.0 Å². The van der Waals surface area contributed by atoms with Gasteiger partial charge in [-0.2, -0.15) is 0 Å². The number of benzene rings is 1. The number of methoxy groups -OCH3 is 1. The highest BCUT2D eigenvalue weighted by Crippen LogP contribution is 2.43. The van der Waals surface area contributed by atoms with Crippen LogP contribution in [0.25, 0.3) is 6.08 Å². The number of aromatic hydroxyl groups is 1. The fourth-order valence-corrected chi connectivity index (χ4v) is 3.18. The van der Waals surface area contributed by atoms with Crippen LogP contribution >= 0.6 is 0 Å². The molecule has 1 aromatic carbocycles. The number of allylic oxidation sites excluding steroid dienone is 4. The number of phenolic OH excluding ortho intramolecular Hbond substituents is 1. The minimum absolute atomic E-state index is 0.179. The molecule has 0 spiro atoms. The van der Waals surface area contributed by atoms with Gasteiger partial charge < -0.3 is 14.6 Å². The maximum Gasteiger partial charge on any atom is 0.164 e. The van der Waals surface area contributed by atoms with Crippen molar-refractivity contribution in [2.24, 2.45) is 0 Å². The quantitative estimate of drug-likeness (QED) is 0.579. The average Bonchev–Trinajstić information content (AvgIpc) is 2.57. The molecule has 1 atom stereocenters. The Morgan fingerprint density at radius 2 is 1.96 bits per heavy atom. The van der Waals surface area contributed by atoms with Crippen LogP contribution in [-0.4, -0.2) is 17.8 Å². The Kier molecular flexibility index (Phi) is 6.57. The molecule has 1 aliphatic rings. The zero-order valence-electron chi connectivity index (χ0n) is 17.0. The van der Waals surface area contributed by atoms with Gasteiger partial charge in [-0.3, -0.25) is 0 Å². The summed E-state index contributed by atoms with van der Waals surface area (Å²) in [5.41, 5.74) is 4.16. The van der Waals surface area contributed by atoms with Crippen molar-refractivity contribution in [3.8, 4) is 17.2 Å². The Balaban J connectivity index is 2.03. The van der Waals surface area contributed by atoms with E-state index in [9.17, 15) is 5.11 Å². The topological polar surface area (TPSA) is 38.7 Å². The SMILES string of the molecule is COc1cc2c(c(C)c1O)C=C[C@](C)(CCC=C(C)CCC=C(C)C)O2. The van der Waals surface area contributed by atoms with E-state index < -0.39 is 0 Å². The lowest BCUT2D eigenvalue weighted by Gasteiger charge is -2.32. The molecule has 1 heterocycles.